The Hall–Kier alpha value is -2.04. The van der Waals surface area contributed by atoms with Gasteiger partial charge in [-0.25, -0.2) is 13.2 Å². The Kier molecular flexibility index (Phi) is 5.29. The molecule has 1 aromatic heterocycles. The number of ether oxygens (including phenoxy) is 1. The molecule has 1 fully saturated rings. The first-order valence-electron chi connectivity index (χ1n) is 6.80. The minimum Gasteiger partial charge on any atom is -0.480 e. The van der Waals surface area contributed by atoms with E-state index in [0.29, 0.717) is 0 Å². The van der Waals surface area contributed by atoms with Crippen LogP contribution in [0.5, 0.6) is 0 Å². The average molecular weight is 343 g/mol. The maximum Gasteiger partial charge on any atom is 0.328 e. The van der Waals surface area contributed by atoms with Gasteiger partial charge in [-0.2, -0.15) is 4.31 Å². The number of carbonyl (C=O) groups is 2. The zero-order valence-electron chi connectivity index (χ0n) is 12.5. The van der Waals surface area contributed by atoms with E-state index in [1.807, 2.05) is 0 Å². The van der Waals surface area contributed by atoms with Gasteiger partial charge in [-0.05, 0) is 12.1 Å². The number of carboxylic acids is 1. The van der Waals surface area contributed by atoms with Crippen molar-refractivity contribution in [2.75, 3.05) is 33.4 Å². The third-order valence-corrected chi connectivity index (χ3v) is 5.22. The minimum absolute atomic E-state index is 0.0351. The van der Waals surface area contributed by atoms with Crippen LogP contribution in [0.3, 0.4) is 0 Å². The Bertz CT molecular complexity index is 678. The number of sulfonamides is 1. The van der Waals surface area contributed by atoms with Gasteiger partial charge in [0, 0.05) is 26.0 Å². The standard InChI is InChI=1S/C13H17N3O6S/c1-15(23(20,21)10-3-2-4-14-7-10)8-12(17)16-5-6-22-9-11(16)13(18)19/h2-4,7,11H,5-6,8-9H2,1H3,(H,18,19). The van der Waals surface area contributed by atoms with E-state index < -0.39 is 34.5 Å². The summed E-state index contributed by atoms with van der Waals surface area (Å²) < 4.78 is 30.6. The van der Waals surface area contributed by atoms with Crippen molar-refractivity contribution in [3.63, 3.8) is 0 Å². The summed E-state index contributed by atoms with van der Waals surface area (Å²) in [5.74, 6) is -1.77. The van der Waals surface area contributed by atoms with Crippen LogP contribution in [0.2, 0.25) is 0 Å². The summed E-state index contributed by atoms with van der Waals surface area (Å²) in [5.41, 5.74) is 0. The van der Waals surface area contributed by atoms with E-state index in [1.54, 1.807) is 0 Å². The summed E-state index contributed by atoms with van der Waals surface area (Å²) >= 11 is 0. The number of nitrogens with zero attached hydrogens (tertiary/aromatic N) is 3. The predicted octanol–water partition coefficient (Wildman–Crippen LogP) is -0.986. The van der Waals surface area contributed by atoms with Crippen molar-refractivity contribution >= 4 is 21.9 Å². The molecule has 1 atom stereocenters. The van der Waals surface area contributed by atoms with E-state index >= 15 is 0 Å². The van der Waals surface area contributed by atoms with Crippen LogP contribution in [0.15, 0.2) is 29.4 Å². The zero-order chi connectivity index (χ0) is 17.0. The Balaban J connectivity index is 2.11. The summed E-state index contributed by atoms with van der Waals surface area (Å²) in [6.45, 7) is -0.244. The highest BCUT2D eigenvalue weighted by molar-refractivity contribution is 7.89. The lowest BCUT2D eigenvalue weighted by molar-refractivity contribution is -0.158. The maximum absolute atomic E-state index is 12.3. The van der Waals surface area contributed by atoms with Crippen molar-refractivity contribution in [1.29, 1.82) is 0 Å². The van der Waals surface area contributed by atoms with Crippen LogP contribution in [-0.4, -0.2) is 79.0 Å². The van der Waals surface area contributed by atoms with E-state index in [9.17, 15) is 18.0 Å². The first kappa shape index (κ1) is 17.3. The molecule has 0 bridgehead atoms. The van der Waals surface area contributed by atoms with Gasteiger partial charge in [-0.3, -0.25) is 9.78 Å². The number of pyridine rings is 1. The Morgan fingerprint density at radius 2 is 2.26 bits per heavy atom. The number of amides is 1. The number of aromatic nitrogens is 1. The molecule has 1 N–H and O–H groups in total. The van der Waals surface area contributed by atoms with Gasteiger partial charge in [0.15, 0.2) is 6.04 Å². The maximum atomic E-state index is 12.3. The van der Waals surface area contributed by atoms with Crippen molar-refractivity contribution in [1.82, 2.24) is 14.2 Å². The molecule has 10 heteroatoms. The number of carboxylic acid groups (broad SMARTS) is 1. The molecule has 1 amide bonds. The monoisotopic (exact) mass is 343 g/mol. The fourth-order valence-corrected chi connectivity index (χ4v) is 3.24. The summed E-state index contributed by atoms with van der Waals surface area (Å²) in [6.07, 6.45) is 2.63. The Morgan fingerprint density at radius 1 is 1.52 bits per heavy atom. The van der Waals surface area contributed by atoms with Gasteiger partial charge in [0.1, 0.15) is 4.90 Å². The fourth-order valence-electron chi connectivity index (χ4n) is 2.15. The molecule has 0 aromatic carbocycles. The minimum atomic E-state index is -3.87. The summed E-state index contributed by atoms with van der Waals surface area (Å²) in [4.78, 5) is 28.3. The van der Waals surface area contributed by atoms with Crippen LogP contribution < -0.4 is 0 Å². The molecular weight excluding hydrogens is 326 g/mol. The molecule has 1 aliphatic heterocycles. The van der Waals surface area contributed by atoms with E-state index in [1.165, 1.54) is 31.6 Å². The highest BCUT2D eigenvalue weighted by Gasteiger charge is 2.34. The second-order valence-corrected chi connectivity index (χ2v) is 7.01. The normalized spacial score (nSPS) is 18.9. The first-order chi connectivity index (χ1) is 10.8. The van der Waals surface area contributed by atoms with E-state index in [0.717, 1.165) is 9.21 Å². The van der Waals surface area contributed by atoms with Crippen LogP contribution in [-0.2, 0) is 24.3 Å². The van der Waals surface area contributed by atoms with Gasteiger partial charge in [-0.15, -0.1) is 0 Å². The van der Waals surface area contributed by atoms with E-state index in [2.05, 4.69) is 4.98 Å². The molecule has 2 heterocycles. The van der Waals surface area contributed by atoms with Crippen molar-refractivity contribution in [3.8, 4) is 0 Å². The van der Waals surface area contributed by atoms with Crippen LogP contribution in [0, 0.1) is 0 Å². The lowest BCUT2D eigenvalue weighted by atomic mass is 10.2. The van der Waals surface area contributed by atoms with Crippen molar-refractivity contribution < 1.29 is 27.9 Å². The summed E-state index contributed by atoms with van der Waals surface area (Å²) in [7, 11) is -2.61. The number of morpholine rings is 1. The lowest BCUT2D eigenvalue weighted by Gasteiger charge is -2.33. The highest BCUT2D eigenvalue weighted by atomic mass is 32.2. The number of hydrogen-bond acceptors (Lipinski definition) is 6. The third kappa shape index (κ3) is 3.84. The smallest absolute Gasteiger partial charge is 0.328 e. The van der Waals surface area contributed by atoms with Gasteiger partial charge in [-0.1, -0.05) is 0 Å². The molecule has 1 saturated heterocycles. The molecular formula is C13H17N3O6S. The molecule has 1 unspecified atom stereocenters. The molecule has 126 valence electrons. The van der Waals surface area contributed by atoms with Crippen LogP contribution >= 0.6 is 0 Å². The molecule has 2 rings (SSSR count). The summed E-state index contributed by atoms with van der Waals surface area (Å²) in [5, 5.41) is 9.12. The van der Waals surface area contributed by atoms with Crippen LogP contribution in [0.1, 0.15) is 0 Å². The second kappa shape index (κ2) is 7.02. The third-order valence-electron chi connectivity index (χ3n) is 3.43. The summed E-state index contributed by atoms with van der Waals surface area (Å²) in [6, 6.07) is 1.74. The number of carbonyl (C=O) groups excluding carboxylic acids is 1. The van der Waals surface area contributed by atoms with Crippen molar-refractivity contribution in [3.05, 3.63) is 24.5 Å². The van der Waals surface area contributed by atoms with Crippen molar-refractivity contribution in [2.24, 2.45) is 0 Å². The number of likely N-dealkylation sites (N-methyl/N-ethyl adjacent to an activating group) is 1. The SMILES string of the molecule is CN(CC(=O)N1CCOCC1C(=O)O)S(=O)(=O)c1cccnc1. The van der Waals surface area contributed by atoms with E-state index in [-0.39, 0.29) is 24.7 Å². The Labute approximate surface area is 133 Å². The fraction of sp³-hybridized carbons (Fsp3) is 0.462. The molecule has 0 radical (unpaired) electrons. The van der Waals surface area contributed by atoms with Crippen LogP contribution in [0.25, 0.3) is 0 Å². The Morgan fingerprint density at radius 3 is 2.87 bits per heavy atom. The van der Waals surface area contributed by atoms with Crippen LogP contribution in [0.4, 0.5) is 0 Å². The molecule has 1 aromatic rings. The number of rotatable bonds is 5. The van der Waals surface area contributed by atoms with Gasteiger partial charge >= 0.3 is 5.97 Å². The largest absolute Gasteiger partial charge is 0.480 e. The second-order valence-electron chi connectivity index (χ2n) is 4.97. The van der Waals surface area contributed by atoms with Gasteiger partial charge in [0.25, 0.3) is 0 Å². The quantitative estimate of drug-likeness (QED) is 0.730. The highest BCUT2D eigenvalue weighted by Crippen LogP contribution is 2.14. The molecule has 0 saturated carbocycles. The number of aliphatic carboxylic acids is 1. The lowest BCUT2D eigenvalue weighted by Crippen LogP contribution is -2.55. The average Bonchev–Trinajstić information content (AvgIpc) is 2.55. The van der Waals surface area contributed by atoms with Gasteiger partial charge in [0.05, 0.1) is 19.8 Å². The zero-order valence-corrected chi connectivity index (χ0v) is 13.3. The van der Waals surface area contributed by atoms with Crippen molar-refractivity contribution in [2.45, 2.75) is 10.9 Å². The molecule has 9 nitrogen and oxygen atoms in total. The number of hydrogen-bond donors (Lipinski definition) is 1. The van der Waals surface area contributed by atoms with Gasteiger partial charge in [0.2, 0.25) is 15.9 Å². The van der Waals surface area contributed by atoms with E-state index in [4.69, 9.17) is 9.84 Å². The molecule has 1 aliphatic rings. The molecule has 23 heavy (non-hydrogen) atoms. The van der Waals surface area contributed by atoms with Gasteiger partial charge < -0.3 is 14.7 Å². The molecule has 0 spiro atoms. The predicted molar refractivity (Wildman–Crippen MR) is 78.0 cm³/mol. The molecule has 0 aliphatic carbocycles. The first-order valence-corrected chi connectivity index (χ1v) is 8.24. The topological polar surface area (TPSA) is 117 Å².